The molecule has 0 aliphatic heterocycles. The van der Waals surface area contributed by atoms with Crippen molar-refractivity contribution in [3.63, 3.8) is 0 Å². The third-order valence-electron chi connectivity index (χ3n) is 2.15. The van der Waals surface area contributed by atoms with Crippen molar-refractivity contribution in [2.24, 2.45) is 0 Å². The van der Waals surface area contributed by atoms with Gasteiger partial charge >= 0.3 is 5.69 Å². The van der Waals surface area contributed by atoms with Crippen LogP contribution in [0.3, 0.4) is 0 Å². The molecule has 0 spiro atoms. The Kier molecular flexibility index (Phi) is 7.88. The number of benzene rings is 1. The topological polar surface area (TPSA) is 75.6 Å². The smallest absolute Gasteiger partial charge is 0.324 e. The van der Waals surface area contributed by atoms with Gasteiger partial charge in [-0.05, 0) is 19.9 Å². The summed E-state index contributed by atoms with van der Waals surface area (Å²) in [5, 5.41) is 7.57. The molecule has 19 heavy (non-hydrogen) atoms. The quantitative estimate of drug-likeness (QED) is 0.634. The van der Waals surface area contributed by atoms with E-state index < -0.39 is 0 Å². The molecule has 0 unspecified atom stereocenters. The monoisotopic (exact) mass is 265 g/mol. The van der Waals surface area contributed by atoms with Crippen LogP contribution in [-0.2, 0) is 4.84 Å². The minimum atomic E-state index is 0.250. The van der Waals surface area contributed by atoms with Crippen LogP contribution < -0.4 is 5.73 Å². The van der Waals surface area contributed by atoms with Crippen LogP contribution in [0.2, 0.25) is 0 Å². The Labute approximate surface area is 113 Å². The van der Waals surface area contributed by atoms with Crippen LogP contribution in [0, 0.1) is 4.91 Å². The molecule has 0 aromatic heterocycles. The molecule has 0 aliphatic rings. The molecule has 0 saturated carbocycles. The molecular formula is C14H21N2O3+. The zero-order valence-electron chi connectivity index (χ0n) is 11.4. The summed E-state index contributed by atoms with van der Waals surface area (Å²) in [5.41, 5.74) is 8.01. The summed E-state index contributed by atoms with van der Waals surface area (Å²) in [6, 6.07) is 3.24. The summed E-state index contributed by atoms with van der Waals surface area (Å²) >= 11 is 0. The molecule has 1 aromatic rings. The summed E-state index contributed by atoms with van der Waals surface area (Å²) in [7, 11) is 0. The highest BCUT2D eigenvalue weighted by atomic mass is 16.8. The molecule has 0 saturated heterocycles. The van der Waals surface area contributed by atoms with Crippen LogP contribution >= 0.6 is 0 Å². The zero-order chi connectivity index (χ0) is 14.8. The maximum absolute atomic E-state index is 11.6. The van der Waals surface area contributed by atoms with Gasteiger partial charge in [0.15, 0.2) is 6.61 Å². The van der Waals surface area contributed by atoms with Gasteiger partial charge in [0.25, 0.3) is 4.92 Å². The van der Waals surface area contributed by atoms with E-state index in [0.717, 1.165) is 0 Å². The summed E-state index contributed by atoms with van der Waals surface area (Å²) in [6.07, 6.45) is 3.16. The number of rotatable bonds is 5. The Morgan fingerprint density at radius 2 is 1.84 bits per heavy atom. The number of nitrogens with zero attached hydrogens (tertiary/aromatic N) is 1. The first-order chi connectivity index (χ1) is 9.06. The average molecular weight is 265 g/mol. The van der Waals surface area contributed by atoms with Gasteiger partial charge in [-0.3, -0.25) is 0 Å². The number of aliphatic hydroxyl groups excluding tert-OH is 1. The van der Waals surface area contributed by atoms with Crippen molar-refractivity contribution in [1.29, 1.82) is 0 Å². The second-order valence-electron chi connectivity index (χ2n) is 3.40. The first-order valence-electron chi connectivity index (χ1n) is 5.95. The van der Waals surface area contributed by atoms with E-state index >= 15 is 0 Å². The second kappa shape index (κ2) is 8.88. The highest BCUT2D eigenvalue weighted by molar-refractivity contribution is 5.78. The lowest BCUT2D eigenvalue weighted by molar-refractivity contribution is -0.744. The van der Waals surface area contributed by atoms with Gasteiger partial charge in [-0.2, -0.15) is 0 Å². The molecule has 5 nitrogen and oxygen atoms in total. The maximum atomic E-state index is 11.6. The predicted octanol–water partition coefficient (Wildman–Crippen LogP) is 2.92. The molecule has 0 fully saturated rings. The van der Waals surface area contributed by atoms with Crippen LogP contribution in [0.1, 0.15) is 25.0 Å². The van der Waals surface area contributed by atoms with Crippen LogP contribution in [0.25, 0.3) is 12.2 Å². The van der Waals surface area contributed by atoms with Crippen molar-refractivity contribution in [3.05, 3.63) is 41.3 Å². The number of nitrogens with two attached hydrogens (primary N) is 1. The molecule has 0 bridgehead atoms. The molecule has 1 rings (SSSR count). The number of anilines is 1. The molecule has 5 heteroatoms. The van der Waals surface area contributed by atoms with Crippen molar-refractivity contribution < 1.29 is 14.9 Å². The molecule has 0 radical (unpaired) electrons. The number of hydrogen-bond donors (Lipinski definition) is 2. The zero-order valence-corrected chi connectivity index (χ0v) is 11.4. The molecule has 3 N–H and O–H groups in total. The lowest BCUT2D eigenvalue weighted by Crippen LogP contribution is -2.05. The van der Waals surface area contributed by atoms with Gasteiger partial charge in [0.1, 0.15) is 0 Å². The van der Waals surface area contributed by atoms with E-state index in [1.807, 2.05) is 0 Å². The summed E-state index contributed by atoms with van der Waals surface area (Å²) in [6.45, 7) is 11.3. The highest BCUT2D eigenvalue weighted by Crippen LogP contribution is 2.29. The van der Waals surface area contributed by atoms with Crippen molar-refractivity contribution in [1.82, 2.24) is 0 Å². The Hall–Kier alpha value is -2.14. The lowest BCUT2D eigenvalue weighted by atomic mass is 10.0. The van der Waals surface area contributed by atoms with Gasteiger partial charge in [-0.15, -0.1) is 0 Å². The third-order valence-corrected chi connectivity index (χ3v) is 2.15. The molecule has 104 valence electrons. The van der Waals surface area contributed by atoms with Crippen molar-refractivity contribution in [2.75, 3.05) is 18.9 Å². The lowest BCUT2D eigenvalue weighted by Gasteiger charge is -2.04. The molecule has 0 amide bonds. The summed E-state index contributed by atoms with van der Waals surface area (Å²) in [4.78, 5) is 16.9. The molecule has 0 atom stereocenters. The standard InChI is InChI=1S/C12H15N2O2.C2H6O/c1-4-9-10(5-2)12(8-7-11(9)13)14(15)16-6-3;1-2-3/h4-5,7-8H,1-2,6,13H2,3H3;3H,2H2,1H3/q+1;. The van der Waals surface area contributed by atoms with Gasteiger partial charge < -0.3 is 10.8 Å². The first-order valence-corrected chi connectivity index (χ1v) is 5.95. The normalized spacial score (nSPS) is 9.00. The fourth-order valence-electron chi connectivity index (χ4n) is 1.43. The van der Waals surface area contributed by atoms with Crippen molar-refractivity contribution in [3.8, 4) is 0 Å². The number of nitrogen functional groups attached to an aromatic ring is 1. The van der Waals surface area contributed by atoms with E-state index in [2.05, 4.69) is 13.2 Å². The van der Waals surface area contributed by atoms with Gasteiger partial charge in [0.05, 0.1) is 10.5 Å². The Balaban J connectivity index is 0.000000982. The van der Waals surface area contributed by atoms with Gasteiger partial charge in [0.2, 0.25) is 0 Å². The second-order valence-corrected chi connectivity index (χ2v) is 3.40. The average Bonchev–Trinajstić information content (AvgIpc) is 2.39. The van der Waals surface area contributed by atoms with E-state index in [4.69, 9.17) is 15.7 Å². The predicted molar refractivity (Wildman–Crippen MR) is 78.7 cm³/mol. The first kappa shape index (κ1) is 16.9. The maximum Gasteiger partial charge on any atom is 0.324 e. The molecule has 1 aromatic carbocycles. The Morgan fingerprint density at radius 1 is 1.32 bits per heavy atom. The van der Waals surface area contributed by atoms with Crippen LogP contribution in [-0.4, -0.2) is 23.2 Å². The fraction of sp³-hybridized carbons (Fsp3) is 0.286. The molecule has 0 aliphatic carbocycles. The Bertz CT molecular complexity index is 456. The van der Waals surface area contributed by atoms with Crippen LogP contribution in [0.15, 0.2) is 25.3 Å². The molecular weight excluding hydrogens is 244 g/mol. The van der Waals surface area contributed by atoms with Gasteiger partial charge in [0, 0.05) is 23.9 Å². The summed E-state index contributed by atoms with van der Waals surface area (Å²) < 4.78 is 0. The van der Waals surface area contributed by atoms with E-state index in [9.17, 15) is 4.91 Å². The fourth-order valence-corrected chi connectivity index (χ4v) is 1.43. The molecule has 0 heterocycles. The largest absolute Gasteiger partial charge is 0.398 e. The Morgan fingerprint density at radius 3 is 2.26 bits per heavy atom. The number of aliphatic hydroxyl groups is 1. The highest BCUT2D eigenvalue weighted by Gasteiger charge is 2.22. The third kappa shape index (κ3) is 4.56. The number of hydrogen-bond acceptors (Lipinski definition) is 4. The van der Waals surface area contributed by atoms with Gasteiger partial charge in [-0.25, -0.2) is 4.84 Å². The van der Waals surface area contributed by atoms with E-state index in [1.165, 1.54) is 0 Å². The van der Waals surface area contributed by atoms with Crippen LogP contribution in [0.5, 0.6) is 0 Å². The van der Waals surface area contributed by atoms with Crippen molar-refractivity contribution >= 4 is 23.5 Å². The van der Waals surface area contributed by atoms with Gasteiger partial charge in [-0.1, -0.05) is 25.3 Å². The minimum absolute atomic E-state index is 0.250. The minimum Gasteiger partial charge on any atom is -0.398 e. The summed E-state index contributed by atoms with van der Waals surface area (Å²) in [5.74, 6) is 0. The van der Waals surface area contributed by atoms with E-state index in [-0.39, 0.29) is 6.61 Å². The van der Waals surface area contributed by atoms with E-state index in [0.29, 0.717) is 34.0 Å². The van der Waals surface area contributed by atoms with Crippen molar-refractivity contribution in [2.45, 2.75) is 13.8 Å². The SMILES string of the molecule is C=Cc1c(N)ccc([N+](=O)OCC)c1C=C.CCO. The van der Waals surface area contributed by atoms with Crippen LogP contribution in [0.4, 0.5) is 11.4 Å². The van der Waals surface area contributed by atoms with E-state index in [1.54, 1.807) is 38.1 Å².